The highest BCUT2D eigenvalue weighted by atomic mass is 15.1. The second-order valence-electron chi connectivity index (χ2n) is 5.18. The molecule has 94 valence electrons. The van der Waals surface area contributed by atoms with Gasteiger partial charge in [0, 0.05) is 31.0 Å². The lowest BCUT2D eigenvalue weighted by molar-refractivity contribution is 0.212. The van der Waals surface area contributed by atoms with E-state index in [4.69, 9.17) is 0 Å². The Kier molecular flexibility index (Phi) is 4.51. The summed E-state index contributed by atoms with van der Waals surface area (Å²) in [6.45, 7) is 7.95. The van der Waals surface area contributed by atoms with Crippen LogP contribution in [0.2, 0.25) is 0 Å². The molecule has 2 heterocycles. The zero-order valence-electron chi connectivity index (χ0n) is 10.9. The second kappa shape index (κ2) is 6.12. The predicted molar refractivity (Wildman–Crippen MR) is 70.8 cm³/mol. The SMILES string of the molecule is CC1CCN(Cc2cccnc2)CCC(C)N1. The molecular formula is C14H23N3. The van der Waals surface area contributed by atoms with Gasteiger partial charge in [-0.05, 0) is 51.4 Å². The molecule has 1 saturated heterocycles. The van der Waals surface area contributed by atoms with Gasteiger partial charge in [0.05, 0.1) is 0 Å². The number of nitrogens with one attached hydrogen (secondary N) is 1. The standard InChI is InChI=1S/C14H23N3/c1-12-5-8-17(9-6-13(2)16-12)11-14-4-3-7-15-10-14/h3-4,7,10,12-13,16H,5-6,8-9,11H2,1-2H3. The van der Waals surface area contributed by atoms with Crippen molar-refractivity contribution in [3.63, 3.8) is 0 Å². The Hall–Kier alpha value is -0.930. The number of rotatable bonds is 2. The molecule has 1 aliphatic rings. The van der Waals surface area contributed by atoms with Crippen molar-refractivity contribution in [2.45, 2.75) is 45.3 Å². The summed E-state index contributed by atoms with van der Waals surface area (Å²) in [4.78, 5) is 6.73. The van der Waals surface area contributed by atoms with Gasteiger partial charge in [0.2, 0.25) is 0 Å². The van der Waals surface area contributed by atoms with Crippen LogP contribution in [0.5, 0.6) is 0 Å². The molecule has 0 spiro atoms. The van der Waals surface area contributed by atoms with Crippen molar-refractivity contribution in [3.05, 3.63) is 30.1 Å². The van der Waals surface area contributed by atoms with Gasteiger partial charge in [0.25, 0.3) is 0 Å². The number of pyridine rings is 1. The Balaban J connectivity index is 1.91. The van der Waals surface area contributed by atoms with Crippen LogP contribution in [0.15, 0.2) is 24.5 Å². The normalized spacial score (nSPS) is 27.4. The summed E-state index contributed by atoms with van der Waals surface area (Å²) >= 11 is 0. The minimum atomic E-state index is 0.627. The highest BCUT2D eigenvalue weighted by Gasteiger charge is 2.15. The summed E-state index contributed by atoms with van der Waals surface area (Å²) in [5.74, 6) is 0. The first-order valence-electron chi connectivity index (χ1n) is 6.61. The summed E-state index contributed by atoms with van der Waals surface area (Å²) in [5.41, 5.74) is 1.32. The van der Waals surface area contributed by atoms with Crippen molar-refractivity contribution in [2.24, 2.45) is 0 Å². The zero-order chi connectivity index (χ0) is 12.1. The zero-order valence-corrected chi connectivity index (χ0v) is 10.9. The average Bonchev–Trinajstić information content (AvgIpc) is 2.32. The van der Waals surface area contributed by atoms with Crippen molar-refractivity contribution in [1.29, 1.82) is 0 Å². The number of hydrogen-bond acceptors (Lipinski definition) is 3. The van der Waals surface area contributed by atoms with Gasteiger partial charge in [-0.25, -0.2) is 0 Å². The average molecular weight is 233 g/mol. The molecule has 1 fully saturated rings. The van der Waals surface area contributed by atoms with Crippen LogP contribution < -0.4 is 5.32 Å². The molecule has 0 aliphatic carbocycles. The maximum Gasteiger partial charge on any atom is 0.0312 e. The van der Waals surface area contributed by atoms with Gasteiger partial charge in [-0.15, -0.1) is 0 Å². The Bertz CT molecular complexity index is 313. The van der Waals surface area contributed by atoms with Gasteiger partial charge in [-0.1, -0.05) is 6.07 Å². The minimum absolute atomic E-state index is 0.627. The van der Waals surface area contributed by atoms with Crippen LogP contribution in [0.3, 0.4) is 0 Å². The Morgan fingerprint density at radius 2 is 2.00 bits per heavy atom. The maximum atomic E-state index is 4.18. The number of aromatic nitrogens is 1. The third-order valence-electron chi connectivity index (χ3n) is 3.45. The predicted octanol–water partition coefficient (Wildman–Crippen LogP) is 2.04. The highest BCUT2D eigenvalue weighted by molar-refractivity contribution is 5.08. The van der Waals surface area contributed by atoms with Gasteiger partial charge < -0.3 is 5.32 Å². The van der Waals surface area contributed by atoms with Crippen LogP contribution in [-0.4, -0.2) is 35.1 Å². The molecule has 17 heavy (non-hydrogen) atoms. The van der Waals surface area contributed by atoms with Crippen LogP contribution >= 0.6 is 0 Å². The summed E-state index contributed by atoms with van der Waals surface area (Å²) in [6.07, 6.45) is 6.27. The molecule has 0 amide bonds. The highest BCUT2D eigenvalue weighted by Crippen LogP contribution is 2.10. The van der Waals surface area contributed by atoms with E-state index in [9.17, 15) is 0 Å². The van der Waals surface area contributed by atoms with Gasteiger partial charge >= 0.3 is 0 Å². The Morgan fingerprint density at radius 3 is 2.59 bits per heavy atom. The van der Waals surface area contributed by atoms with Crippen LogP contribution in [0.25, 0.3) is 0 Å². The molecule has 0 radical (unpaired) electrons. The van der Waals surface area contributed by atoms with E-state index in [1.165, 1.54) is 31.5 Å². The van der Waals surface area contributed by atoms with E-state index in [0.717, 1.165) is 6.54 Å². The lowest BCUT2D eigenvalue weighted by Gasteiger charge is -2.30. The maximum absolute atomic E-state index is 4.18. The third-order valence-corrected chi connectivity index (χ3v) is 3.45. The van der Waals surface area contributed by atoms with Crippen LogP contribution in [0.4, 0.5) is 0 Å². The van der Waals surface area contributed by atoms with E-state index in [1.807, 2.05) is 18.5 Å². The van der Waals surface area contributed by atoms with Crippen molar-refractivity contribution in [1.82, 2.24) is 15.2 Å². The van der Waals surface area contributed by atoms with Crippen molar-refractivity contribution in [3.8, 4) is 0 Å². The Morgan fingerprint density at radius 1 is 1.29 bits per heavy atom. The smallest absolute Gasteiger partial charge is 0.0312 e. The summed E-state index contributed by atoms with van der Waals surface area (Å²) < 4.78 is 0. The summed E-state index contributed by atoms with van der Waals surface area (Å²) in [7, 11) is 0. The van der Waals surface area contributed by atoms with Gasteiger partial charge in [0.15, 0.2) is 0 Å². The molecule has 1 N–H and O–H groups in total. The van der Waals surface area contributed by atoms with E-state index in [-0.39, 0.29) is 0 Å². The number of nitrogens with zero attached hydrogens (tertiary/aromatic N) is 2. The molecule has 3 heteroatoms. The van der Waals surface area contributed by atoms with E-state index in [0.29, 0.717) is 12.1 Å². The first kappa shape index (κ1) is 12.5. The molecular weight excluding hydrogens is 210 g/mol. The molecule has 1 aromatic heterocycles. The second-order valence-corrected chi connectivity index (χ2v) is 5.18. The number of hydrogen-bond donors (Lipinski definition) is 1. The fourth-order valence-electron chi connectivity index (χ4n) is 2.42. The minimum Gasteiger partial charge on any atom is -0.312 e. The molecule has 1 aromatic rings. The lowest BCUT2D eigenvalue weighted by Crippen LogP contribution is -2.42. The van der Waals surface area contributed by atoms with E-state index >= 15 is 0 Å². The van der Waals surface area contributed by atoms with Crippen LogP contribution in [0.1, 0.15) is 32.3 Å². The fourth-order valence-corrected chi connectivity index (χ4v) is 2.42. The van der Waals surface area contributed by atoms with Crippen LogP contribution in [-0.2, 0) is 6.54 Å². The molecule has 2 rings (SSSR count). The summed E-state index contributed by atoms with van der Waals surface area (Å²) in [6, 6.07) is 5.44. The third kappa shape index (κ3) is 4.10. The van der Waals surface area contributed by atoms with Crippen molar-refractivity contribution in [2.75, 3.05) is 13.1 Å². The van der Waals surface area contributed by atoms with Crippen LogP contribution in [0, 0.1) is 0 Å². The molecule has 0 saturated carbocycles. The monoisotopic (exact) mass is 233 g/mol. The summed E-state index contributed by atoms with van der Waals surface area (Å²) in [5, 5.41) is 3.63. The van der Waals surface area contributed by atoms with E-state index in [1.54, 1.807) is 0 Å². The lowest BCUT2D eigenvalue weighted by atomic mass is 10.1. The molecule has 0 bridgehead atoms. The molecule has 3 nitrogen and oxygen atoms in total. The van der Waals surface area contributed by atoms with Crippen molar-refractivity contribution >= 4 is 0 Å². The molecule has 2 unspecified atom stereocenters. The van der Waals surface area contributed by atoms with E-state index < -0.39 is 0 Å². The largest absolute Gasteiger partial charge is 0.312 e. The van der Waals surface area contributed by atoms with Gasteiger partial charge in [-0.2, -0.15) is 0 Å². The fraction of sp³-hybridized carbons (Fsp3) is 0.643. The first-order chi connectivity index (χ1) is 8.24. The molecule has 2 atom stereocenters. The quantitative estimate of drug-likeness (QED) is 0.847. The Labute approximate surface area is 104 Å². The van der Waals surface area contributed by atoms with Crippen molar-refractivity contribution < 1.29 is 0 Å². The van der Waals surface area contributed by atoms with E-state index in [2.05, 4.69) is 35.1 Å². The topological polar surface area (TPSA) is 28.2 Å². The van der Waals surface area contributed by atoms with Gasteiger partial charge in [0.1, 0.15) is 0 Å². The molecule has 1 aliphatic heterocycles. The first-order valence-corrected chi connectivity index (χ1v) is 6.61. The van der Waals surface area contributed by atoms with Gasteiger partial charge in [-0.3, -0.25) is 9.88 Å². The molecule has 0 aromatic carbocycles.